The molecule has 0 spiro atoms. The third-order valence-corrected chi connectivity index (χ3v) is 7.13. The smallest absolute Gasteiger partial charge is 0.317 e. The van der Waals surface area contributed by atoms with Crippen molar-refractivity contribution in [3.05, 3.63) is 41.1 Å². The predicted molar refractivity (Wildman–Crippen MR) is 136 cm³/mol. The molecule has 39 heavy (non-hydrogen) atoms. The number of imidazole rings is 1. The van der Waals surface area contributed by atoms with Gasteiger partial charge in [0, 0.05) is 38.4 Å². The van der Waals surface area contributed by atoms with Crippen molar-refractivity contribution < 1.29 is 23.0 Å². The van der Waals surface area contributed by atoms with Crippen LogP contribution in [0, 0.1) is 5.41 Å². The Morgan fingerprint density at radius 3 is 2.67 bits per heavy atom. The Hall–Kier alpha value is -3.64. The van der Waals surface area contributed by atoms with Gasteiger partial charge in [0.2, 0.25) is 5.92 Å². The Labute approximate surface area is 224 Å². The topological polar surface area (TPSA) is 131 Å². The predicted octanol–water partition coefficient (Wildman–Crippen LogP) is 4.06. The van der Waals surface area contributed by atoms with Crippen LogP contribution in [0.3, 0.4) is 0 Å². The SMILES string of the molecule is CC1(C)CNC(=O)N(Cc2cnn3cc(CNC(=O)c4nonc4C4CC4)nc3c2)C1.FC1(F)CCCCC1. The van der Waals surface area contributed by atoms with Crippen LogP contribution in [-0.2, 0) is 13.1 Å². The number of aromatic nitrogens is 5. The third-order valence-electron chi connectivity index (χ3n) is 7.13. The first-order valence-electron chi connectivity index (χ1n) is 13.4. The van der Waals surface area contributed by atoms with Gasteiger partial charge >= 0.3 is 6.03 Å². The second kappa shape index (κ2) is 10.9. The average molecular weight is 545 g/mol. The molecule has 6 rings (SSSR count). The van der Waals surface area contributed by atoms with Crippen molar-refractivity contribution in [3.63, 3.8) is 0 Å². The second-order valence-electron chi connectivity index (χ2n) is 11.4. The molecule has 1 saturated heterocycles. The molecule has 2 saturated carbocycles. The first-order chi connectivity index (χ1) is 18.6. The normalized spacial score (nSPS) is 20.2. The fraction of sp³-hybridized carbons (Fsp3) is 0.615. The van der Waals surface area contributed by atoms with Crippen LogP contribution in [0.2, 0.25) is 0 Å². The van der Waals surface area contributed by atoms with E-state index >= 15 is 0 Å². The Kier molecular flexibility index (Phi) is 7.50. The second-order valence-corrected chi connectivity index (χ2v) is 11.4. The summed E-state index contributed by atoms with van der Waals surface area (Å²) >= 11 is 0. The van der Waals surface area contributed by atoms with Crippen molar-refractivity contribution in [3.8, 4) is 0 Å². The molecule has 3 aromatic rings. The molecule has 0 atom stereocenters. The lowest BCUT2D eigenvalue weighted by Crippen LogP contribution is -2.54. The summed E-state index contributed by atoms with van der Waals surface area (Å²) in [4.78, 5) is 31.0. The molecule has 13 heteroatoms. The Morgan fingerprint density at radius 1 is 1.21 bits per heavy atom. The van der Waals surface area contributed by atoms with E-state index < -0.39 is 5.92 Å². The van der Waals surface area contributed by atoms with E-state index in [-0.39, 0.29) is 48.4 Å². The lowest BCUT2D eigenvalue weighted by molar-refractivity contribution is -0.0337. The van der Waals surface area contributed by atoms with Crippen molar-refractivity contribution >= 4 is 17.6 Å². The zero-order valence-corrected chi connectivity index (χ0v) is 22.3. The maximum atomic E-state index is 12.4. The number of carbonyl (C=O) groups is 2. The molecule has 3 fully saturated rings. The van der Waals surface area contributed by atoms with Gasteiger partial charge in [0.05, 0.1) is 24.6 Å². The summed E-state index contributed by atoms with van der Waals surface area (Å²) in [6.45, 7) is 6.28. The molecule has 2 aliphatic carbocycles. The highest BCUT2D eigenvalue weighted by Gasteiger charge is 2.33. The number of hydrogen-bond donors (Lipinski definition) is 2. The molecule has 2 N–H and O–H groups in total. The number of nitrogens with zero attached hydrogens (tertiary/aromatic N) is 6. The number of carbonyl (C=O) groups excluding carboxylic acids is 2. The average Bonchev–Trinajstić information content (AvgIpc) is 3.46. The van der Waals surface area contributed by atoms with Crippen molar-refractivity contribution in [2.75, 3.05) is 13.1 Å². The van der Waals surface area contributed by atoms with E-state index in [0.717, 1.165) is 24.8 Å². The van der Waals surface area contributed by atoms with Crippen LogP contribution in [0.4, 0.5) is 13.6 Å². The van der Waals surface area contributed by atoms with Crippen LogP contribution in [0.25, 0.3) is 5.65 Å². The number of rotatable bonds is 6. The quantitative estimate of drug-likeness (QED) is 0.479. The molecule has 0 aromatic carbocycles. The Balaban J connectivity index is 0.000000332. The number of hydrogen-bond acceptors (Lipinski definition) is 7. The van der Waals surface area contributed by atoms with Gasteiger partial charge in [-0.15, -0.1) is 0 Å². The van der Waals surface area contributed by atoms with Crippen LogP contribution in [0.5, 0.6) is 0 Å². The molecular weight excluding hydrogens is 510 g/mol. The van der Waals surface area contributed by atoms with Gasteiger partial charge in [0.25, 0.3) is 5.91 Å². The highest BCUT2D eigenvalue weighted by Crippen LogP contribution is 2.40. The number of nitrogens with one attached hydrogen (secondary N) is 2. The molecule has 0 unspecified atom stereocenters. The molecule has 4 heterocycles. The maximum Gasteiger partial charge on any atom is 0.317 e. The molecule has 1 aliphatic heterocycles. The van der Waals surface area contributed by atoms with E-state index in [2.05, 4.69) is 44.9 Å². The molecule has 3 aliphatic rings. The van der Waals surface area contributed by atoms with E-state index in [0.29, 0.717) is 49.5 Å². The van der Waals surface area contributed by atoms with Crippen LogP contribution in [0.1, 0.15) is 92.2 Å². The summed E-state index contributed by atoms with van der Waals surface area (Å²) in [5.74, 6) is -2.37. The molecule has 3 aromatic heterocycles. The molecular formula is C26H34F2N8O3. The summed E-state index contributed by atoms with van der Waals surface area (Å²) in [6, 6.07) is 1.83. The van der Waals surface area contributed by atoms with Crippen molar-refractivity contribution in [2.24, 2.45) is 5.41 Å². The fourth-order valence-electron chi connectivity index (χ4n) is 4.86. The van der Waals surface area contributed by atoms with Gasteiger partial charge in [-0.05, 0) is 47.9 Å². The summed E-state index contributed by atoms with van der Waals surface area (Å²) < 4.78 is 30.8. The molecule has 210 valence electrons. The van der Waals surface area contributed by atoms with E-state index in [1.807, 2.05) is 6.07 Å². The summed E-state index contributed by atoms with van der Waals surface area (Å²) in [7, 11) is 0. The van der Waals surface area contributed by atoms with Crippen LogP contribution < -0.4 is 10.6 Å². The van der Waals surface area contributed by atoms with Gasteiger partial charge < -0.3 is 15.5 Å². The zero-order chi connectivity index (χ0) is 27.6. The van der Waals surface area contributed by atoms with Crippen LogP contribution in [0.15, 0.2) is 23.1 Å². The largest absolute Gasteiger partial charge is 0.345 e. The van der Waals surface area contributed by atoms with Crippen LogP contribution in [-0.4, -0.2) is 60.8 Å². The first-order valence-corrected chi connectivity index (χ1v) is 13.4. The molecule has 0 bridgehead atoms. The molecule has 0 radical (unpaired) electrons. The Bertz CT molecular complexity index is 1330. The number of urea groups is 1. The van der Waals surface area contributed by atoms with Gasteiger partial charge in [-0.25, -0.2) is 27.7 Å². The van der Waals surface area contributed by atoms with Crippen molar-refractivity contribution in [1.82, 2.24) is 40.4 Å². The van der Waals surface area contributed by atoms with E-state index in [1.165, 1.54) is 0 Å². The number of alkyl halides is 2. The van der Waals surface area contributed by atoms with Crippen LogP contribution >= 0.6 is 0 Å². The lowest BCUT2D eigenvalue weighted by atomic mass is 9.91. The lowest BCUT2D eigenvalue weighted by Gasteiger charge is -2.38. The minimum atomic E-state index is -2.32. The van der Waals surface area contributed by atoms with Gasteiger partial charge in [-0.2, -0.15) is 5.10 Å². The maximum absolute atomic E-state index is 12.4. The van der Waals surface area contributed by atoms with Gasteiger partial charge in [-0.3, -0.25) is 4.79 Å². The van der Waals surface area contributed by atoms with Gasteiger partial charge in [-0.1, -0.05) is 25.4 Å². The van der Waals surface area contributed by atoms with E-state index in [4.69, 9.17) is 4.63 Å². The standard InChI is InChI=1S/C20H24N8O3.C6H10F2/c1-20(2)10-22-19(30)27(11-20)8-12-5-15-24-14(9-28(15)23-6-12)7-21-18(29)17-16(13-3-4-13)25-31-26-17;7-6(8)4-2-1-3-5-6/h5-6,9,13H,3-4,7-8,10-11H2,1-2H3,(H,21,29)(H,22,30);1-5H2. The van der Waals surface area contributed by atoms with E-state index in [9.17, 15) is 18.4 Å². The van der Waals surface area contributed by atoms with Gasteiger partial charge in [0.1, 0.15) is 5.69 Å². The zero-order valence-electron chi connectivity index (χ0n) is 22.3. The third kappa shape index (κ3) is 6.87. The Morgan fingerprint density at radius 2 is 1.97 bits per heavy atom. The van der Waals surface area contributed by atoms with E-state index in [1.54, 1.807) is 21.8 Å². The number of fused-ring (bicyclic) bond motifs is 1. The summed E-state index contributed by atoms with van der Waals surface area (Å²) in [5.41, 5.74) is 3.10. The molecule has 11 nitrogen and oxygen atoms in total. The monoisotopic (exact) mass is 544 g/mol. The fourth-order valence-corrected chi connectivity index (χ4v) is 4.86. The molecule has 3 amide bonds. The van der Waals surface area contributed by atoms with Crippen molar-refractivity contribution in [2.45, 2.75) is 83.7 Å². The van der Waals surface area contributed by atoms with Crippen molar-refractivity contribution in [1.29, 1.82) is 0 Å². The summed E-state index contributed by atoms with van der Waals surface area (Å²) in [5, 5.41) is 17.7. The van der Waals surface area contributed by atoms with Gasteiger partial charge in [0.15, 0.2) is 11.3 Å². The highest BCUT2D eigenvalue weighted by atomic mass is 19.3. The minimum Gasteiger partial charge on any atom is -0.345 e. The number of halogens is 2. The minimum absolute atomic E-state index is 0.0167. The number of amides is 3. The summed E-state index contributed by atoms with van der Waals surface area (Å²) in [6.07, 6.45) is 8.17. The first kappa shape index (κ1) is 26.9. The highest BCUT2D eigenvalue weighted by molar-refractivity contribution is 5.93.